The van der Waals surface area contributed by atoms with Crippen LogP contribution in [-0.2, 0) is 19.6 Å². The van der Waals surface area contributed by atoms with Crippen molar-refractivity contribution in [1.82, 2.24) is 14.5 Å². The number of sulfonamides is 1. The van der Waals surface area contributed by atoms with E-state index in [1.165, 1.54) is 16.4 Å². The molecule has 2 heterocycles. The average molecular weight is 463 g/mol. The lowest BCUT2D eigenvalue weighted by atomic mass is 9.73. The second kappa shape index (κ2) is 8.82. The highest BCUT2D eigenvalue weighted by molar-refractivity contribution is 7.89. The van der Waals surface area contributed by atoms with Crippen molar-refractivity contribution < 1.29 is 22.8 Å². The molecule has 0 bridgehead atoms. The fraction of sp³-hybridized carbons (Fsp3) is 0.591. The number of benzene rings is 1. The van der Waals surface area contributed by atoms with Gasteiger partial charge in [0.2, 0.25) is 15.9 Å². The number of amides is 4. The zero-order valence-electron chi connectivity index (χ0n) is 18.3. The van der Waals surface area contributed by atoms with Gasteiger partial charge in [-0.05, 0) is 49.8 Å². The van der Waals surface area contributed by atoms with E-state index >= 15 is 0 Å². The van der Waals surface area contributed by atoms with E-state index in [1.54, 1.807) is 12.1 Å². The Hall–Kier alpha value is -2.46. The number of carbonyl (C=O) groups excluding carboxylic acids is 3. The molecule has 32 heavy (non-hydrogen) atoms. The molecule has 1 aliphatic carbocycles. The van der Waals surface area contributed by atoms with Gasteiger partial charge in [-0.1, -0.05) is 32.3 Å². The lowest BCUT2D eigenvalue weighted by Gasteiger charge is -2.36. The van der Waals surface area contributed by atoms with Crippen molar-refractivity contribution >= 4 is 33.6 Å². The molecule has 1 aromatic rings. The minimum Gasteiger partial charge on any atom is -0.324 e. The molecule has 4 rings (SSSR count). The molecule has 10 heteroatoms. The van der Waals surface area contributed by atoms with Gasteiger partial charge in [-0.2, -0.15) is 4.31 Å². The molecule has 0 radical (unpaired) electrons. The van der Waals surface area contributed by atoms with Crippen LogP contribution in [0.5, 0.6) is 0 Å². The lowest BCUT2D eigenvalue weighted by molar-refractivity contribution is -0.136. The Kier molecular flexibility index (Phi) is 6.26. The van der Waals surface area contributed by atoms with Crippen molar-refractivity contribution in [3.05, 3.63) is 24.3 Å². The van der Waals surface area contributed by atoms with Crippen LogP contribution >= 0.6 is 0 Å². The zero-order valence-corrected chi connectivity index (χ0v) is 19.1. The number of imide groups is 1. The summed E-state index contributed by atoms with van der Waals surface area (Å²) in [6, 6.07) is 5.52. The Morgan fingerprint density at radius 2 is 1.91 bits per heavy atom. The molecule has 2 saturated heterocycles. The van der Waals surface area contributed by atoms with Gasteiger partial charge in [0.05, 0.1) is 4.90 Å². The number of rotatable bonds is 5. The average Bonchev–Trinajstić information content (AvgIpc) is 3.01. The summed E-state index contributed by atoms with van der Waals surface area (Å²) < 4.78 is 27.3. The number of anilines is 1. The highest BCUT2D eigenvalue weighted by atomic mass is 32.2. The van der Waals surface area contributed by atoms with E-state index in [-0.39, 0.29) is 16.7 Å². The van der Waals surface area contributed by atoms with Crippen LogP contribution in [0.2, 0.25) is 0 Å². The number of hydrogen-bond acceptors (Lipinski definition) is 5. The van der Waals surface area contributed by atoms with Crippen LogP contribution in [0, 0.1) is 5.92 Å². The van der Waals surface area contributed by atoms with Gasteiger partial charge in [0.15, 0.2) is 0 Å². The summed E-state index contributed by atoms with van der Waals surface area (Å²) in [6.45, 7) is 2.52. The van der Waals surface area contributed by atoms with E-state index in [9.17, 15) is 22.8 Å². The maximum absolute atomic E-state index is 13.0. The number of nitrogens with zero attached hydrogens (tertiary/aromatic N) is 2. The summed E-state index contributed by atoms with van der Waals surface area (Å²) in [7, 11) is -3.63. The quantitative estimate of drug-likeness (QED) is 0.652. The van der Waals surface area contributed by atoms with Gasteiger partial charge in [-0.25, -0.2) is 13.2 Å². The number of piperidine rings is 1. The zero-order chi connectivity index (χ0) is 22.9. The second-order valence-corrected chi connectivity index (χ2v) is 10.9. The van der Waals surface area contributed by atoms with Gasteiger partial charge < -0.3 is 10.6 Å². The normalized spacial score (nSPS) is 26.9. The van der Waals surface area contributed by atoms with Crippen LogP contribution in [0.15, 0.2) is 29.2 Å². The summed E-state index contributed by atoms with van der Waals surface area (Å²) >= 11 is 0. The predicted octanol–water partition coefficient (Wildman–Crippen LogP) is 2.30. The largest absolute Gasteiger partial charge is 0.325 e. The fourth-order valence-corrected chi connectivity index (χ4v) is 6.54. The number of carbonyl (C=O) groups is 3. The molecule has 3 fully saturated rings. The van der Waals surface area contributed by atoms with Crippen LogP contribution in [0.4, 0.5) is 10.5 Å². The van der Waals surface area contributed by atoms with E-state index in [2.05, 4.69) is 10.6 Å². The van der Waals surface area contributed by atoms with Crippen LogP contribution in [0.1, 0.15) is 51.9 Å². The Morgan fingerprint density at radius 3 is 2.62 bits per heavy atom. The Balaban J connectivity index is 1.44. The van der Waals surface area contributed by atoms with E-state index in [1.807, 2.05) is 6.92 Å². The molecule has 4 amide bonds. The van der Waals surface area contributed by atoms with Gasteiger partial charge in [0, 0.05) is 18.8 Å². The maximum Gasteiger partial charge on any atom is 0.325 e. The van der Waals surface area contributed by atoms with E-state index in [4.69, 9.17) is 0 Å². The molecule has 1 spiro atoms. The molecule has 0 aromatic heterocycles. The van der Waals surface area contributed by atoms with Crippen LogP contribution < -0.4 is 10.6 Å². The molecule has 1 saturated carbocycles. The van der Waals surface area contributed by atoms with Gasteiger partial charge in [0.25, 0.3) is 5.91 Å². The third-order valence-electron chi connectivity index (χ3n) is 6.87. The summed E-state index contributed by atoms with van der Waals surface area (Å²) in [5.41, 5.74) is -0.612. The number of nitrogens with one attached hydrogen (secondary N) is 2. The minimum absolute atomic E-state index is 0.0115. The van der Waals surface area contributed by atoms with E-state index < -0.39 is 34.0 Å². The number of urea groups is 1. The molecule has 1 aromatic carbocycles. The first-order valence-corrected chi connectivity index (χ1v) is 12.7. The summed E-state index contributed by atoms with van der Waals surface area (Å²) in [4.78, 5) is 39.2. The van der Waals surface area contributed by atoms with Crippen LogP contribution in [0.25, 0.3) is 0 Å². The van der Waals surface area contributed by atoms with Gasteiger partial charge in [-0.15, -0.1) is 0 Å². The number of hydrogen-bond donors (Lipinski definition) is 2. The standard InChI is InChI=1S/C22H30N4O5S/c1-16-8-3-4-11-22(16)20(28)26(21(29)24-22)15-19(27)23-17-9-7-10-18(14-17)32(30,31)25-12-5-2-6-13-25/h7,9-10,14,16H,2-6,8,11-13,15H2,1H3,(H,23,27)(H,24,29)/t16-,22+/m0/s1. The van der Waals surface area contributed by atoms with Crippen molar-refractivity contribution in [3.8, 4) is 0 Å². The predicted molar refractivity (Wildman–Crippen MR) is 118 cm³/mol. The van der Waals surface area contributed by atoms with Crippen molar-refractivity contribution in [2.24, 2.45) is 5.92 Å². The topological polar surface area (TPSA) is 116 Å². The van der Waals surface area contributed by atoms with Crippen LogP contribution in [0.3, 0.4) is 0 Å². The molecule has 2 aliphatic heterocycles. The molecule has 2 N–H and O–H groups in total. The van der Waals surface area contributed by atoms with Gasteiger partial charge in [-0.3, -0.25) is 14.5 Å². The third-order valence-corrected chi connectivity index (χ3v) is 8.77. The van der Waals surface area contributed by atoms with Gasteiger partial charge in [0.1, 0.15) is 12.1 Å². The Bertz CT molecular complexity index is 1020. The SMILES string of the molecule is C[C@H]1CCCC[C@@]12NC(=O)N(CC(=O)Nc1cccc(S(=O)(=O)N3CCCCC3)c1)C2=O. The fourth-order valence-electron chi connectivity index (χ4n) is 4.97. The first kappa shape index (κ1) is 22.7. The second-order valence-electron chi connectivity index (χ2n) is 8.98. The Labute approximate surface area is 188 Å². The van der Waals surface area contributed by atoms with E-state index in [0.717, 1.165) is 43.4 Å². The summed E-state index contributed by atoms with van der Waals surface area (Å²) in [6.07, 6.45) is 5.99. The molecule has 3 aliphatic rings. The minimum atomic E-state index is -3.63. The van der Waals surface area contributed by atoms with Crippen molar-refractivity contribution in [1.29, 1.82) is 0 Å². The monoisotopic (exact) mass is 462 g/mol. The molecular formula is C22H30N4O5S. The summed E-state index contributed by atoms with van der Waals surface area (Å²) in [5, 5.41) is 5.46. The maximum atomic E-state index is 13.0. The van der Waals surface area contributed by atoms with Crippen LogP contribution in [-0.4, -0.2) is 60.6 Å². The van der Waals surface area contributed by atoms with Crippen molar-refractivity contribution in [2.75, 3.05) is 25.0 Å². The summed E-state index contributed by atoms with van der Waals surface area (Å²) in [5.74, 6) is -0.898. The molecule has 2 atom stereocenters. The van der Waals surface area contributed by atoms with Crippen molar-refractivity contribution in [2.45, 2.75) is 62.3 Å². The third kappa shape index (κ3) is 4.13. The molecule has 9 nitrogen and oxygen atoms in total. The highest BCUT2D eigenvalue weighted by Gasteiger charge is 2.55. The molecule has 174 valence electrons. The first-order chi connectivity index (χ1) is 15.2. The smallest absolute Gasteiger partial charge is 0.324 e. The molecule has 0 unspecified atom stereocenters. The van der Waals surface area contributed by atoms with E-state index in [0.29, 0.717) is 25.2 Å². The Morgan fingerprint density at radius 1 is 1.16 bits per heavy atom. The first-order valence-electron chi connectivity index (χ1n) is 11.3. The van der Waals surface area contributed by atoms with Crippen molar-refractivity contribution in [3.63, 3.8) is 0 Å². The van der Waals surface area contributed by atoms with Gasteiger partial charge >= 0.3 is 6.03 Å². The highest BCUT2D eigenvalue weighted by Crippen LogP contribution is 2.38. The molecular weight excluding hydrogens is 432 g/mol. The lowest BCUT2D eigenvalue weighted by Crippen LogP contribution is -2.54.